The summed E-state index contributed by atoms with van der Waals surface area (Å²) < 4.78 is 0. The Labute approximate surface area is 273 Å². The van der Waals surface area contributed by atoms with Crippen LogP contribution in [-0.2, 0) is 28.8 Å². The van der Waals surface area contributed by atoms with E-state index in [0.29, 0.717) is 12.8 Å². The van der Waals surface area contributed by atoms with Gasteiger partial charge in [0.1, 0.15) is 0 Å². The van der Waals surface area contributed by atoms with Gasteiger partial charge in [-0.05, 0) is 35.5 Å². The van der Waals surface area contributed by atoms with Crippen LogP contribution in [-0.4, -0.2) is 67.8 Å². The van der Waals surface area contributed by atoms with Crippen molar-refractivity contribution in [2.75, 3.05) is 6.54 Å². The Bertz CT molecular complexity index is 1070. The lowest BCUT2D eigenvalue weighted by Gasteiger charge is -2.43. The lowest BCUT2D eigenvalue weighted by atomic mass is 9.59. The molecule has 0 saturated heterocycles. The molecule has 6 atom stereocenters. The summed E-state index contributed by atoms with van der Waals surface area (Å²) in [5.74, 6) is -16.2. The van der Waals surface area contributed by atoms with Gasteiger partial charge in [-0.2, -0.15) is 0 Å². The van der Waals surface area contributed by atoms with Gasteiger partial charge in [0.05, 0.1) is 35.5 Å². The minimum absolute atomic E-state index is 0.242. The standard InChI is InChI=1S/C34H59NO11/c1-10-12-13-14-15-16-17-35-26(36)21(18-33(6,7)23(29(41)42)20(3)27(37)38)24(30(43)44)34(8,9)19-22(28(39)40)25(31(45)46)32(4,5)11-2/h20-25H,10-19H2,1-9H3,(H,35,36)(H,37,38)(H,39,40)(H,41,42)(H,43,44)(H,45,46). The van der Waals surface area contributed by atoms with Crippen molar-refractivity contribution in [3.05, 3.63) is 0 Å². The minimum atomic E-state index is -1.56. The molecule has 0 radical (unpaired) electrons. The quantitative estimate of drug-likeness (QED) is 0.0674. The van der Waals surface area contributed by atoms with E-state index in [-0.39, 0.29) is 13.0 Å². The third-order valence-electron chi connectivity index (χ3n) is 9.90. The molecule has 6 N–H and O–H groups in total. The van der Waals surface area contributed by atoms with Gasteiger partial charge >= 0.3 is 29.8 Å². The van der Waals surface area contributed by atoms with E-state index in [1.807, 2.05) is 0 Å². The van der Waals surface area contributed by atoms with Crippen LogP contribution in [0.2, 0.25) is 0 Å². The highest BCUT2D eigenvalue weighted by atomic mass is 16.4. The number of hydrogen-bond acceptors (Lipinski definition) is 6. The van der Waals surface area contributed by atoms with Crippen molar-refractivity contribution in [1.82, 2.24) is 5.32 Å². The summed E-state index contributed by atoms with van der Waals surface area (Å²) in [4.78, 5) is 76.1. The second kappa shape index (κ2) is 18.2. The van der Waals surface area contributed by atoms with Gasteiger partial charge in [-0.25, -0.2) is 0 Å². The Kier molecular flexibility index (Phi) is 17.0. The molecule has 0 rings (SSSR count). The normalized spacial score (nSPS) is 16.4. The predicted octanol–water partition coefficient (Wildman–Crippen LogP) is 5.87. The molecule has 0 saturated carbocycles. The summed E-state index contributed by atoms with van der Waals surface area (Å²) in [5, 5.41) is 53.4. The van der Waals surface area contributed by atoms with Crippen LogP contribution in [0.25, 0.3) is 0 Å². The molecule has 0 fully saturated rings. The summed E-state index contributed by atoms with van der Waals surface area (Å²) in [7, 11) is 0. The van der Waals surface area contributed by atoms with Gasteiger partial charge < -0.3 is 30.8 Å². The fourth-order valence-electron chi connectivity index (χ4n) is 7.03. The van der Waals surface area contributed by atoms with E-state index >= 15 is 0 Å². The lowest BCUT2D eigenvalue weighted by Crippen LogP contribution is -2.50. The summed E-state index contributed by atoms with van der Waals surface area (Å²) in [6.07, 6.45) is 5.27. The van der Waals surface area contributed by atoms with Crippen LogP contribution in [0, 0.1) is 51.8 Å². The first kappa shape index (κ1) is 42.8. The molecule has 0 aromatic rings. The summed E-state index contributed by atoms with van der Waals surface area (Å²) >= 11 is 0. The first-order valence-corrected chi connectivity index (χ1v) is 16.4. The molecule has 0 aliphatic heterocycles. The molecule has 12 heteroatoms. The topological polar surface area (TPSA) is 216 Å². The molecule has 0 heterocycles. The molecule has 0 aromatic carbocycles. The van der Waals surface area contributed by atoms with Crippen molar-refractivity contribution in [1.29, 1.82) is 0 Å². The maximum Gasteiger partial charge on any atom is 0.307 e. The molecular formula is C34H59NO11. The van der Waals surface area contributed by atoms with Crippen molar-refractivity contribution in [3.8, 4) is 0 Å². The fourth-order valence-corrected chi connectivity index (χ4v) is 7.03. The molecule has 0 spiro atoms. The van der Waals surface area contributed by atoms with Gasteiger partial charge in [0, 0.05) is 6.54 Å². The molecule has 46 heavy (non-hydrogen) atoms. The van der Waals surface area contributed by atoms with Crippen molar-refractivity contribution < 1.29 is 54.3 Å². The van der Waals surface area contributed by atoms with Crippen molar-refractivity contribution in [2.45, 2.75) is 120 Å². The maximum absolute atomic E-state index is 13.9. The van der Waals surface area contributed by atoms with Gasteiger partial charge in [0.25, 0.3) is 0 Å². The number of hydrogen-bond donors (Lipinski definition) is 6. The highest BCUT2D eigenvalue weighted by molar-refractivity contribution is 5.86. The number of unbranched alkanes of at least 4 members (excludes halogenated alkanes) is 5. The molecule has 6 unspecified atom stereocenters. The van der Waals surface area contributed by atoms with Crippen molar-refractivity contribution >= 4 is 35.8 Å². The highest BCUT2D eigenvalue weighted by Crippen LogP contribution is 2.49. The van der Waals surface area contributed by atoms with E-state index in [2.05, 4.69) is 12.2 Å². The molecule has 266 valence electrons. The largest absolute Gasteiger partial charge is 0.481 e. The zero-order chi connectivity index (χ0) is 36.2. The van der Waals surface area contributed by atoms with E-state index in [4.69, 9.17) is 0 Å². The maximum atomic E-state index is 13.9. The number of rotatable bonds is 24. The Morgan fingerprint density at radius 3 is 1.37 bits per heavy atom. The lowest BCUT2D eigenvalue weighted by molar-refractivity contribution is -0.165. The Morgan fingerprint density at radius 2 is 0.957 bits per heavy atom. The first-order valence-electron chi connectivity index (χ1n) is 16.4. The predicted molar refractivity (Wildman–Crippen MR) is 172 cm³/mol. The number of carboxylic acids is 5. The van der Waals surface area contributed by atoms with Gasteiger partial charge in [0.2, 0.25) is 5.91 Å². The Balaban J connectivity index is 6.89. The third kappa shape index (κ3) is 12.2. The molecule has 0 aromatic heterocycles. The first-order chi connectivity index (χ1) is 21.0. The summed E-state index contributed by atoms with van der Waals surface area (Å²) in [5.41, 5.74) is -3.82. The minimum Gasteiger partial charge on any atom is -0.481 e. The van der Waals surface area contributed by atoms with Gasteiger partial charge in [-0.1, -0.05) is 101 Å². The number of amides is 1. The second-order valence-electron chi connectivity index (χ2n) is 14.9. The van der Waals surface area contributed by atoms with Crippen LogP contribution in [0.4, 0.5) is 0 Å². The Hall–Kier alpha value is -3.18. The van der Waals surface area contributed by atoms with Crippen LogP contribution in [0.5, 0.6) is 0 Å². The molecular weight excluding hydrogens is 598 g/mol. The number of carbonyl (C=O) groups excluding carboxylic acids is 1. The van der Waals surface area contributed by atoms with Crippen LogP contribution in [0.1, 0.15) is 120 Å². The van der Waals surface area contributed by atoms with E-state index in [1.54, 1.807) is 20.8 Å². The molecule has 0 aliphatic rings. The third-order valence-corrected chi connectivity index (χ3v) is 9.90. The number of nitrogens with one attached hydrogen (secondary N) is 1. The van der Waals surface area contributed by atoms with Gasteiger partial charge in [-0.15, -0.1) is 0 Å². The average molecular weight is 658 g/mol. The molecule has 0 aliphatic carbocycles. The van der Waals surface area contributed by atoms with Gasteiger partial charge in [-0.3, -0.25) is 28.8 Å². The van der Waals surface area contributed by atoms with Crippen molar-refractivity contribution in [2.24, 2.45) is 51.8 Å². The zero-order valence-corrected chi connectivity index (χ0v) is 29.2. The SMILES string of the molecule is CCCCCCCCNC(=O)C(CC(C)(C)C(C(=O)O)C(C)C(=O)O)C(C(=O)O)C(C)(C)CC(C(=O)O)C(C(=O)O)C(C)(C)CC. The number of carboxylic acid groups (broad SMARTS) is 5. The highest BCUT2D eigenvalue weighted by Gasteiger charge is 2.53. The van der Waals surface area contributed by atoms with Crippen LogP contribution >= 0.6 is 0 Å². The molecule has 1 amide bonds. The van der Waals surface area contributed by atoms with E-state index in [1.165, 1.54) is 34.6 Å². The van der Waals surface area contributed by atoms with E-state index in [0.717, 1.165) is 32.1 Å². The van der Waals surface area contributed by atoms with Crippen LogP contribution in [0.3, 0.4) is 0 Å². The van der Waals surface area contributed by atoms with E-state index < -0.39 is 93.9 Å². The van der Waals surface area contributed by atoms with Crippen LogP contribution in [0.15, 0.2) is 0 Å². The number of aliphatic carboxylic acids is 5. The van der Waals surface area contributed by atoms with Crippen LogP contribution < -0.4 is 5.32 Å². The monoisotopic (exact) mass is 657 g/mol. The van der Waals surface area contributed by atoms with Gasteiger partial charge in [0.15, 0.2) is 0 Å². The molecule has 0 bridgehead atoms. The number of carbonyl (C=O) groups is 6. The zero-order valence-electron chi connectivity index (χ0n) is 29.2. The smallest absolute Gasteiger partial charge is 0.307 e. The average Bonchev–Trinajstić information content (AvgIpc) is 2.90. The molecule has 12 nitrogen and oxygen atoms in total. The fraction of sp³-hybridized carbons (Fsp3) is 0.824. The Morgan fingerprint density at radius 1 is 0.543 bits per heavy atom. The van der Waals surface area contributed by atoms with E-state index in [9.17, 15) is 54.3 Å². The summed E-state index contributed by atoms with van der Waals surface area (Å²) in [6.45, 7) is 14.5. The van der Waals surface area contributed by atoms with Crippen molar-refractivity contribution in [3.63, 3.8) is 0 Å². The summed E-state index contributed by atoms with van der Waals surface area (Å²) in [6, 6.07) is 0. The second-order valence-corrected chi connectivity index (χ2v) is 14.9.